The fraction of sp³-hybridized carbons (Fsp3) is 0.281. The van der Waals surface area contributed by atoms with E-state index < -0.39 is 0 Å². The van der Waals surface area contributed by atoms with Gasteiger partial charge in [-0.1, -0.05) is 18.2 Å². The summed E-state index contributed by atoms with van der Waals surface area (Å²) < 4.78 is 21.2. The predicted octanol–water partition coefficient (Wildman–Crippen LogP) is 5.35. The van der Waals surface area contributed by atoms with Gasteiger partial charge in [-0.2, -0.15) is 0 Å². The van der Waals surface area contributed by atoms with Crippen molar-refractivity contribution in [1.29, 1.82) is 0 Å². The molecule has 0 spiro atoms. The topological polar surface area (TPSA) is 75.5 Å². The molecule has 10 heteroatoms. The molecule has 0 unspecified atom stereocenters. The first-order valence-electron chi connectivity index (χ1n) is 14.2. The SMILES string of the molecule is O=C(C=CCN1CCOCC1)N1CCc2c(sc3ncnc(Nc4ccc5c(ccn5Cc5cccc(F)c5)c4)c23)C1. The fourth-order valence-corrected chi connectivity index (χ4v) is 6.99. The van der Waals surface area contributed by atoms with E-state index in [-0.39, 0.29) is 11.7 Å². The normalized spacial score (nSPS) is 16.0. The third-order valence-electron chi connectivity index (χ3n) is 7.95. The van der Waals surface area contributed by atoms with Crippen LogP contribution in [0.15, 0.2) is 73.2 Å². The Morgan fingerprint density at radius 1 is 1.10 bits per heavy atom. The summed E-state index contributed by atoms with van der Waals surface area (Å²) in [4.78, 5) is 28.4. The van der Waals surface area contributed by atoms with Crippen LogP contribution in [0.1, 0.15) is 16.0 Å². The lowest BCUT2D eigenvalue weighted by Crippen LogP contribution is -2.37. The Hall–Kier alpha value is -4.12. The molecular formula is C32H31FN6O2S. The molecule has 0 aliphatic carbocycles. The van der Waals surface area contributed by atoms with Crippen molar-refractivity contribution in [2.45, 2.75) is 19.5 Å². The third kappa shape index (κ3) is 5.53. The number of anilines is 2. The zero-order valence-electron chi connectivity index (χ0n) is 23.1. The lowest BCUT2D eigenvalue weighted by atomic mass is 10.0. The van der Waals surface area contributed by atoms with Crippen molar-refractivity contribution in [3.05, 3.63) is 95.0 Å². The predicted molar refractivity (Wildman–Crippen MR) is 164 cm³/mol. The Kier molecular flexibility index (Phi) is 7.41. The van der Waals surface area contributed by atoms with E-state index in [4.69, 9.17) is 4.74 Å². The molecule has 2 aromatic carbocycles. The highest BCUT2D eigenvalue weighted by Gasteiger charge is 2.25. The van der Waals surface area contributed by atoms with Crippen LogP contribution in [-0.4, -0.2) is 69.6 Å². The van der Waals surface area contributed by atoms with Gasteiger partial charge in [0.1, 0.15) is 22.8 Å². The number of nitrogens with zero attached hydrogens (tertiary/aromatic N) is 5. The maximum atomic E-state index is 13.7. The minimum absolute atomic E-state index is 0.0495. The van der Waals surface area contributed by atoms with Gasteiger partial charge in [0.2, 0.25) is 5.91 Å². The largest absolute Gasteiger partial charge is 0.379 e. The molecule has 8 nitrogen and oxygen atoms in total. The van der Waals surface area contributed by atoms with Crippen molar-refractivity contribution in [1.82, 2.24) is 24.3 Å². The molecule has 1 saturated heterocycles. The summed E-state index contributed by atoms with van der Waals surface area (Å²) in [5.41, 5.74) is 4.16. The number of amides is 1. The van der Waals surface area contributed by atoms with Crippen molar-refractivity contribution in [2.24, 2.45) is 0 Å². The lowest BCUT2D eigenvalue weighted by molar-refractivity contribution is -0.126. The molecule has 5 aromatic rings. The fourth-order valence-electron chi connectivity index (χ4n) is 5.79. The Bertz CT molecular complexity index is 1790. The van der Waals surface area contributed by atoms with E-state index in [2.05, 4.69) is 43.0 Å². The number of rotatable bonds is 7. The smallest absolute Gasteiger partial charge is 0.246 e. The van der Waals surface area contributed by atoms with Gasteiger partial charge in [0.05, 0.1) is 25.1 Å². The second kappa shape index (κ2) is 11.6. The van der Waals surface area contributed by atoms with Gasteiger partial charge in [0, 0.05) is 66.5 Å². The molecule has 1 N–H and O–H groups in total. The van der Waals surface area contributed by atoms with Gasteiger partial charge in [-0.3, -0.25) is 9.69 Å². The Labute approximate surface area is 247 Å². The van der Waals surface area contributed by atoms with E-state index in [1.165, 1.54) is 16.5 Å². The molecule has 2 aliphatic heterocycles. The molecule has 1 amide bonds. The van der Waals surface area contributed by atoms with Crippen molar-refractivity contribution >= 4 is 49.9 Å². The summed E-state index contributed by atoms with van der Waals surface area (Å²) in [6.45, 7) is 5.94. The van der Waals surface area contributed by atoms with E-state index in [1.54, 1.807) is 35.9 Å². The maximum absolute atomic E-state index is 13.7. The monoisotopic (exact) mass is 582 g/mol. The number of carbonyl (C=O) groups excluding carboxylic acids is 1. The number of ether oxygens (including phenoxy) is 1. The van der Waals surface area contributed by atoms with Gasteiger partial charge in [0.25, 0.3) is 0 Å². The molecule has 0 radical (unpaired) electrons. The summed E-state index contributed by atoms with van der Waals surface area (Å²) >= 11 is 1.64. The van der Waals surface area contributed by atoms with Crippen LogP contribution < -0.4 is 5.32 Å². The zero-order chi connectivity index (χ0) is 28.5. The lowest BCUT2D eigenvalue weighted by Gasteiger charge is -2.27. The Morgan fingerprint density at radius 2 is 2.00 bits per heavy atom. The average Bonchev–Trinajstić information content (AvgIpc) is 3.58. The van der Waals surface area contributed by atoms with Crippen LogP contribution in [0.3, 0.4) is 0 Å². The summed E-state index contributed by atoms with van der Waals surface area (Å²) in [6.07, 6.45) is 8.07. The van der Waals surface area contributed by atoms with Crippen molar-refractivity contribution < 1.29 is 13.9 Å². The third-order valence-corrected chi connectivity index (χ3v) is 9.08. The highest BCUT2D eigenvalue weighted by molar-refractivity contribution is 7.19. The molecule has 0 atom stereocenters. The molecule has 5 heterocycles. The Morgan fingerprint density at radius 3 is 2.88 bits per heavy atom. The van der Waals surface area contributed by atoms with Crippen LogP contribution in [-0.2, 0) is 29.0 Å². The molecule has 2 aliphatic rings. The van der Waals surface area contributed by atoms with Crippen LogP contribution in [0.4, 0.5) is 15.9 Å². The maximum Gasteiger partial charge on any atom is 0.246 e. The Balaban J connectivity index is 1.07. The van der Waals surface area contributed by atoms with E-state index in [1.807, 2.05) is 29.3 Å². The summed E-state index contributed by atoms with van der Waals surface area (Å²) in [5, 5.41) is 5.65. The number of nitrogens with one attached hydrogen (secondary N) is 1. The van der Waals surface area contributed by atoms with E-state index >= 15 is 0 Å². The highest BCUT2D eigenvalue weighted by atomic mass is 32.1. The summed E-state index contributed by atoms with van der Waals surface area (Å²) in [7, 11) is 0. The second-order valence-electron chi connectivity index (χ2n) is 10.7. The first-order chi connectivity index (χ1) is 20.6. The van der Waals surface area contributed by atoms with Crippen LogP contribution in [0, 0.1) is 5.82 Å². The second-order valence-corrected chi connectivity index (χ2v) is 11.8. The number of aromatic nitrogens is 3. The van der Waals surface area contributed by atoms with Gasteiger partial charge < -0.3 is 19.5 Å². The number of fused-ring (bicyclic) bond motifs is 4. The zero-order valence-corrected chi connectivity index (χ0v) is 23.9. The van der Waals surface area contributed by atoms with E-state index in [0.29, 0.717) is 19.6 Å². The quantitative estimate of drug-likeness (QED) is 0.261. The molecule has 0 saturated carbocycles. The molecular weight excluding hydrogens is 551 g/mol. The van der Waals surface area contributed by atoms with Crippen molar-refractivity contribution in [2.75, 3.05) is 44.7 Å². The number of carbonyl (C=O) groups is 1. The minimum Gasteiger partial charge on any atom is -0.379 e. The minimum atomic E-state index is -0.224. The number of morpholine rings is 1. The number of benzene rings is 2. The number of thiophene rings is 1. The number of halogens is 1. The highest BCUT2D eigenvalue weighted by Crippen LogP contribution is 2.38. The molecule has 0 bridgehead atoms. The molecule has 214 valence electrons. The van der Waals surface area contributed by atoms with Gasteiger partial charge >= 0.3 is 0 Å². The van der Waals surface area contributed by atoms with Gasteiger partial charge in [-0.25, -0.2) is 14.4 Å². The molecule has 7 rings (SSSR count). The standard InChI is InChI=1S/C32H31FN6O2S/c33-24-4-1-3-22(17-24)19-38-11-8-23-18-25(6-7-27(23)38)36-31-30-26-9-12-39(20-28(26)42-32(30)35-21-34-31)29(40)5-2-10-37-13-15-41-16-14-37/h1-8,11,17-18,21H,9-10,12-16,19-20H2,(H,34,35,36). The molecule has 3 aromatic heterocycles. The number of hydrogen-bond acceptors (Lipinski definition) is 7. The number of hydrogen-bond donors (Lipinski definition) is 1. The van der Waals surface area contributed by atoms with Crippen LogP contribution in [0.2, 0.25) is 0 Å². The first kappa shape index (κ1) is 26.8. The van der Waals surface area contributed by atoms with Gasteiger partial charge in [0.15, 0.2) is 0 Å². The van der Waals surface area contributed by atoms with Crippen LogP contribution >= 0.6 is 11.3 Å². The van der Waals surface area contributed by atoms with Crippen molar-refractivity contribution in [3.8, 4) is 0 Å². The van der Waals surface area contributed by atoms with Gasteiger partial charge in [-0.15, -0.1) is 11.3 Å². The van der Waals surface area contributed by atoms with Crippen LogP contribution in [0.25, 0.3) is 21.1 Å². The van der Waals surface area contributed by atoms with E-state index in [9.17, 15) is 9.18 Å². The van der Waals surface area contributed by atoms with Gasteiger partial charge in [-0.05, 0) is 53.9 Å². The molecule has 1 fully saturated rings. The van der Waals surface area contributed by atoms with Crippen LogP contribution in [0.5, 0.6) is 0 Å². The van der Waals surface area contributed by atoms with Crippen molar-refractivity contribution in [3.63, 3.8) is 0 Å². The summed E-state index contributed by atoms with van der Waals surface area (Å²) in [5.74, 6) is 0.604. The van der Waals surface area contributed by atoms with E-state index in [0.717, 1.165) is 77.5 Å². The summed E-state index contributed by atoms with van der Waals surface area (Å²) in [6, 6.07) is 15.0. The average molecular weight is 583 g/mol. The first-order valence-corrected chi connectivity index (χ1v) is 15.0. The molecule has 42 heavy (non-hydrogen) atoms.